The van der Waals surface area contributed by atoms with Crippen LogP contribution in [0.4, 0.5) is 5.69 Å². The smallest absolute Gasteiger partial charge is 0.234 e. The molecular formula is C19H17ClN4O2S. The van der Waals surface area contributed by atoms with Gasteiger partial charge >= 0.3 is 0 Å². The van der Waals surface area contributed by atoms with Crippen molar-refractivity contribution in [3.05, 3.63) is 59.5 Å². The molecule has 3 rings (SSSR count). The van der Waals surface area contributed by atoms with Crippen LogP contribution in [0.25, 0.3) is 11.4 Å². The molecule has 138 valence electrons. The first-order valence-corrected chi connectivity index (χ1v) is 9.45. The Morgan fingerprint density at radius 1 is 1.22 bits per heavy atom. The largest absolute Gasteiger partial charge is 0.497 e. The number of methoxy groups -OCH3 is 1. The molecule has 0 bridgehead atoms. The van der Waals surface area contributed by atoms with Gasteiger partial charge in [0, 0.05) is 17.5 Å². The lowest BCUT2D eigenvalue weighted by atomic mass is 10.2. The minimum Gasteiger partial charge on any atom is -0.497 e. The monoisotopic (exact) mass is 400 g/mol. The molecule has 0 aliphatic carbocycles. The lowest BCUT2D eigenvalue weighted by Crippen LogP contribution is -2.14. The molecule has 2 aromatic heterocycles. The lowest BCUT2D eigenvalue weighted by Gasteiger charge is -2.08. The molecule has 3 aromatic rings. The van der Waals surface area contributed by atoms with E-state index in [1.807, 2.05) is 37.3 Å². The predicted molar refractivity (Wildman–Crippen MR) is 107 cm³/mol. The number of thioether (sulfide) groups is 1. The Hall–Kier alpha value is -2.64. The van der Waals surface area contributed by atoms with Crippen molar-refractivity contribution in [2.75, 3.05) is 18.2 Å². The van der Waals surface area contributed by atoms with Crippen LogP contribution in [-0.4, -0.2) is 33.7 Å². The Morgan fingerprint density at radius 2 is 2.00 bits per heavy atom. The second-order valence-corrected chi connectivity index (χ2v) is 6.93. The molecule has 1 amide bonds. The Bertz CT molecular complexity index is 951. The number of carbonyl (C=O) groups excluding carboxylic acids is 1. The van der Waals surface area contributed by atoms with Gasteiger partial charge in [-0.15, -0.1) is 0 Å². The predicted octanol–water partition coefficient (Wildman–Crippen LogP) is 4.24. The highest BCUT2D eigenvalue weighted by atomic mass is 35.5. The molecule has 27 heavy (non-hydrogen) atoms. The summed E-state index contributed by atoms with van der Waals surface area (Å²) in [7, 11) is 1.62. The summed E-state index contributed by atoms with van der Waals surface area (Å²) in [5.74, 6) is 1.39. The highest BCUT2D eigenvalue weighted by Gasteiger charge is 2.10. The van der Waals surface area contributed by atoms with Crippen molar-refractivity contribution in [2.24, 2.45) is 0 Å². The number of anilines is 1. The van der Waals surface area contributed by atoms with Crippen LogP contribution in [0.15, 0.2) is 53.7 Å². The number of rotatable bonds is 6. The van der Waals surface area contributed by atoms with Gasteiger partial charge in [-0.3, -0.25) is 4.79 Å². The Kier molecular flexibility index (Phi) is 6.26. The van der Waals surface area contributed by atoms with E-state index in [-0.39, 0.29) is 16.8 Å². The maximum Gasteiger partial charge on any atom is 0.234 e. The highest BCUT2D eigenvalue weighted by Crippen LogP contribution is 2.24. The molecule has 0 fully saturated rings. The van der Waals surface area contributed by atoms with Gasteiger partial charge in [0.15, 0.2) is 11.0 Å². The zero-order valence-electron chi connectivity index (χ0n) is 14.8. The van der Waals surface area contributed by atoms with Crippen molar-refractivity contribution in [2.45, 2.75) is 11.9 Å². The number of halogens is 1. The van der Waals surface area contributed by atoms with Gasteiger partial charge < -0.3 is 10.1 Å². The molecule has 1 aromatic carbocycles. The minimum absolute atomic E-state index is 0.183. The quantitative estimate of drug-likeness (QED) is 0.379. The summed E-state index contributed by atoms with van der Waals surface area (Å²) in [6.45, 7) is 1.90. The van der Waals surface area contributed by atoms with Gasteiger partial charge in [-0.05, 0) is 49.4 Å². The van der Waals surface area contributed by atoms with E-state index in [0.717, 1.165) is 22.0 Å². The fourth-order valence-electron chi connectivity index (χ4n) is 2.29. The Labute approximate surface area is 166 Å². The van der Waals surface area contributed by atoms with Crippen LogP contribution in [0.3, 0.4) is 0 Å². The van der Waals surface area contributed by atoms with E-state index >= 15 is 0 Å². The fourth-order valence-corrected chi connectivity index (χ4v) is 3.21. The first-order valence-electron chi connectivity index (χ1n) is 8.08. The molecule has 1 N–H and O–H groups in total. The van der Waals surface area contributed by atoms with Crippen LogP contribution in [0, 0.1) is 6.92 Å². The molecule has 0 radical (unpaired) electrons. The molecule has 0 unspecified atom stereocenters. The number of aromatic nitrogens is 3. The number of nitrogens with one attached hydrogen (secondary N) is 1. The van der Waals surface area contributed by atoms with E-state index in [1.165, 1.54) is 11.8 Å². The van der Waals surface area contributed by atoms with Gasteiger partial charge in [0.05, 0.1) is 18.6 Å². The van der Waals surface area contributed by atoms with E-state index in [9.17, 15) is 4.79 Å². The van der Waals surface area contributed by atoms with E-state index < -0.39 is 0 Å². The van der Waals surface area contributed by atoms with Crippen LogP contribution in [0.1, 0.15) is 5.69 Å². The first-order chi connectivity index (χ1) is 13.0. The number of amides is 1. The molecule has 0 saturated heterocycles. The minimum atomic E-state index is -0.183. The van der Waals surface area contributed by atoms with Gasteiger partial charge in [-0.1, -0.05) is 23.4 Å². The summed E-state index contributed by atoms with van der Waals surface area (Å²) in [6.07, 6.45) is 1.57. The van der Waals surface area contributed by atoms with Gasteiger partial charge in [0.1, 0.15) is 10.8 Å². The molecule has 0 spiro atoms. The van der Waals surface area contributed by atoms with Gasteiger partial charge in [-0.25, -0.2) is 15.0 Å². The summed E-state index contributed by atoms with van der Waals surface area (Å²) in [6, 6.07) is 12.8. The van der Waals surface area contributed by atoms with E-state index in [1.54, 1.807) is 25.4 Å². The number of hydrogen-bond donors (Lipinski definition) is 1. The molecule has 6 nitrogen and oxygen atoms in total. The number of benzene rings is 1. The molecule has 0 aliphatic heterocycles. The number of aryl methyl sites for hydroxylation is 1. The van der Waals surface area contributed by atoms with Crippen molar-refractivity contribution in [1.29, 1.82) is 0 Å². The van der Waals surface area contributed by atoms with Crippen LogP contribution in [-0.2, 0) is 4.79 Å². The lowest BCUT2D eigenvalue weighted by molar-refractivity contribution is -0.113. The zero-order chi connectivity index (χ0) is 19.2. The third-order valence-corrected chi connectivity index (χ3v) is 4.78. The van der Waals surface area contributed by atoms with E-state index in [4.69, 9.17) is 16.3 Å². The molecule has 0 aliphatic rings. The van der Waals surface area contributed by atoms with Gasteiger partial charge in [-0.2, -0.15) is 0 Å². The summed E-state index contributed by atoms with van der Waals surface area (Å²) in [5.41, 5.74) is 2.20. The fraction of sp³-hybridized carbons (Fsp3) is 0.158. The third kappa shape index (κ3) is 5.18. The summed E-state index contributed by atoms with van der Waals surface area (Å²) < 4.78 is 5.17. The number of ether oxygens (including phenoxy) is 1. The molecule has 0 atom stereocenters. The highest BCUT2D eigenvalue weighted by molar-refractivity contribution is 7.99. The van der Waals surface area contributed by atoms with Gasteiger partial charge in [0.2, 0.25) is 5.91 Å². The summed E-state index contributed by atoms with van der Waals surface area (Å²) >= 11 is 7.29. The van der Waals surface area contributed by atoms with E-state index in [2.05, 4.69) is 20.3 Å². The topological polar surface area (TPSA) is 77.0 Å². The standard InChI is InChI=1S/C19H17ClN4O2S/c1-12-10-17(24-19(22-12)13-5-7-14(26-2)8-6-13)27-11-16(25)23-15-4-3-9-21-18(15)20/h3-10H,11H2,1-2H3,(H,23,25). The van der Waals surface area contributed by atoms with Crippen molar-refractivity contribution >= 4 is 35.0 Å². The SMILES string of the molecule is COc1ccc(-c2nc(C)cc(SCC(=O)Nc3cccnc3Cl)n2)cc1. The molecular weight excluding hydrogens is 384 g/mol. The van der Waals surface area contributed by atoms with E-state index in [0.29, 0.717) is 11.5 Å². The molecule has 8 heteroatoms. The zero-order valence-corrected chi connectivity index (χ0v) is 16.3. The Morgan fingerprint density at radius 3 is 2.70 bits per heavy atom. The van der Waals surface area contributed by atoms with Crippen molar-refractivity contribution in [1.82, 2.24) is 15.0 Å². The summed E-state index contributed by atoms with van der Waals surface area (Å²) in [4.78, 5) is 25.1. The van der Waals surface area contributed by atoms with Crippen molar-refractivity contribution < 1.29 is 9.53 Å². The average Bonchev–Trinajstić information content (AvgIpc) is 2.68. The maximum absolute atomic E-state index is 12.2. The first kappa shape index (κ1) is 19.1. The summed E-state index contributed by atoms with van der Waals surface area (Å²) in [5, 5.41) is 3.73. The van der Waals surface area contributed by atoms with Crippen LogP contribution < -0.4 is 10.1 Å². The van der Waals surface area contributed by atoms with Crippen LogP contribution in [0.2, 0.25) is 5.15 Å². The third-order valence-electron chi connectivity index (χ3n) is 3.56. The number of pyridine rings is 1. The van der Waals surface area contributed by atoms with Crippen molar-refractivity contribution in [3.63, 3.8) is 0 Å². The maximum atomic E-state index is 12.2. The van der Waals surface area contributed by atoms with Crippen LogP contribution >= 0.6 is 23.4 Å². The Balaban J connectivity index is 1.69. The second-order valence-electron chi connectivity index (χ2n) is 5.58. The van der Waals surface area contributed by atoms with Gasteiger partial charge in [0.25, 0.3) is 0 Å². The second kappa shape index (κ2) is 8.83. The number of nitrogens with zero attached hydrogens (tertiary/aromatic N) is 3. The number of carbonyl (C=O) groups is 1. The molecule has 0 saturated carbocycles. The average molecular weight is 401 g/mol. The number of hydrogen-bond acceptors (Lipinski definition) is 6. The van der Waals surface area contributed by atoms with Crippen molar-refractivity contribution in [3.8, 4) is 17.1 Å². The van der Waals surface area contributed by atoms with Crippen LogP contribution in [0.5, 0.6) is 5.75 Å². The molecule has 2 heterocycles. The normalized spacial score (nSPS) is 10.5.